The van der Waals surface area contributed by atoms with E-state index in [1.807, 2.05) is 18.2 Å². The number of likely N-dealkylation sites (tertiary alicyclic amines) is 2. The van der Waals surface area contributed by atoms with Crippen molar-refractivity contribution in [3.05, 3.63) is 40.7 Å². The van der Waals surface area contributed by atoms with Gasteiger partial charge in [0.1, 0.15) is 17.9 Å². The first-order valence-corrected chi connectivity index (χ1v) is 9.34. The SMILES string of the molecule is N#C[C@@H]1CCCN1C(=O)CN1CC[C@H](Oc2cccc3[nH]c(=O)ccc23)C1. The topological polar surface area (TPSA) is 89.4 Å². The van der Waals surface area contributed by atoms with E-state index in [2.05, 4.69) is 16.0 Å². The number of carbonyl (C=O) groups excluding carboxylic acids is 1. The van der Waals surface area contributed by atoms with Crippen molar-refractivity contribution in [3.8, 4) is 11.8 Å². The lowest BCUT2D eigenvalue weighted by molar-refractivity contribution is -0.132. The highest BCUT2D eigenvalue weighted by molar-refractivity contribution is 5.84. The van der Waals surface area contributed by atoms with Crippen LogP contribution >= 0.6 is 0 Å². The van der Waals surface area contributed by atoms with E-state index < -0.39 is 0 Å². The quantitative estimate of drug-likeness (QED) is 0.886. The van der Waals surface area contributed by atoms with Crippen LogP contribution in [0.3, 0.4) is 0 Å². The highest BCUT2D eigenvalue weighted by Gasteiger charge is 2.32. The number of hydrogen-bond donors (Lipinski definition) is 1. The number of amides is 1. The van der Waals surface area contributed by atoms with Crippen LogP contribution < -0.4 is 10.3 Å². The third-order valence-corrected chi connectivity index (χ3v) is 5.33. The molecule has 1 N–H and O–H groups in total. The van der Waals surface area contributed by atoms with Gasteiger partial charge in [0.05, 0.1) is 18.1 Å². The Balaban J connectivity index is 1.38. The maximum atomic E-state index is 12.5. The largest absolute Gasteiger partial charge is 0.488 e. The maximum Gasteiger partial charge on any atom is 0.248 e. The molecule has 2 fully saturated rings. The van der Waals surface area contributed by atoms with Crippen LogP contribution in [0.2, 0.25) is 0 Å². The summed E-state index contributed by atoms with van der Waals surface area (Å²) in [5.74, 6) is 0.772. The number of aromatic nitrogens is 1. The van der Waals surface area contributed by atoms with E-state index in [4.69, 9.17) is 10.00 Å². The Hall–Kier alpha value is -2.85. The zero-order valence-electron chi connectivity index (χ0n) is 15.1. The molecular weight excluding hydrogens is 344 g/mol. The molecule has 7 heteroatoms. The van der Waals surface area contributed by atoms with Crippen molar-refractivity contribution in [1.29, 1.82) is 5.26 Å². The Kier molecular flexibility index (Phi) is 4.82. The molecule has 1 amide bonds. The van der Waals surface area contributed by atoms with E-state index in [9.17, 15) is 9.59 Å². The Morgan fingerprint density at radius 2 is 2.15 bits per heavy atom. The maximum absolute atomic E-state index is 12.5. The third-order valence-electron chi connectivity index (χ3n) is 5.33. The van der Waals surface area contributed by atoms with Gasteiger partial charge in [0.2, 0.25) is 11.5 Å². The second-order valence-corrected chi connectivity index (χ2v) is 7.18. The third kappa shape index (κ3) is 3.67. The molecule has 3 heterocycles. The molecular formula is C20H22N4O3. The number of pyridine rings is 1. The van der Waals surface area contributed by atoms with Crippen molar-refractivity contribution in [2.75, 3.05) is 26.2 Å². The summed E-state index contributed by atoms with van der Waals surface area (Å²) in [6.07, 6.45) is 2.52. The first-order chi connectivity index (χ1) is 13.1. The molecule has 0 aliphatic carbocycles. The van der Waals surface area contributed by atoms with Crippen molar-refractivity contribution in [1.82, 2.24) is 14.8 Å². The van der Waals surface area contributed by atoms with E-state index in [0.29, 0.717) is 19.6 Å². The summed E-state index contributed by atoms with van der Waals surface area (Å²) in [7, 11) is 0. The van der Waals surface area contributed by atoms with Gasteiger partial charge >= 0.3 is 0 Å². The van der Waals surface area contributed by atoms with Crippen LogP contribution in [0.5, 0.6) is 5.75 Å². The number of benzene rings is 1. The van der Waals surface area contributed by atoms with Gasteiger partial charge in [0.15, 0.2) is 0 Å². The van der Waals surface area contributed by atoms with Crippen molar-refractivity contribution in [3.63, 3.8) is 0 Å². The van der Waals surface area contributed by atoms with Gasteiger partial charge in [0.25, 0.3) is 0 Å². The summed E-state index contributed by atoms with van der Waals surface area (Å²) in [6, 6.07) is 10.8. The summed E-state index contributed by atoms with van der Waals surface area (Å²) >= 11 is 0. The van der Waals surface area contributed by atoms with Crippen LogP contribution in [0.4, 0.5) is 0 Å². The van der Waals surface area contributed by atoms with Crippen molar-refractivity contribution >= 4 is 16.8 Å². The molecule has 2 aromatic rings. The van der Waals surface area contributed by atoms with Crippen LogP contribution in [-0.2, 0) is 4.79 Å². The Morgan fingerprint density at radius 1 is 1.26 bits per heavy atom. The fraction of sp³-hybridized carbons (Fsp3) is 0.450. The molecule has 0 saturated carbocycles. The average Bonchev–Trinajstić information content (AvgIpc) is 3.30. The van der Waals surface area contributed by atoms with E-state index >= 15 is 0 Å². The van der Waals surface area contributed by atoms with Gasteiger partial charge in [0, 0.05) is 31.1 Å². The monoisotopic (exact) mass is 366 g/mol. The molecule has 4 rings (SSSR count). The molecule has 1 aromatic heterocycles. The molecule has 0 spiro atoms. The first kappa shape index (κ1) is 17.6. The van der Waals surface area contributed by atoms with Gasteiger partial charge in [-0.1, -0.05) is 6.07 Å². The van der Waals surface area contributed by atoms with E-state index in [0.717, 1.165) is 42.5 Å². The second-order valence-electron chi connectivity index (χ2n) is 7.18. The molecule has 2 aliphatic heterocycles. The number of hydrogen-bond acceptors (Lipinski definition) is 5. The van der Waals surface area contributed by atoms with Crippen molar-refractivity contribution < 1.29 is 9.53 Å². The molecule has 2 saturated heterocycles. The number of aromatic amines is 1. The number of rotatable bonds is 4. The molecule has 27 heavy (non-hydrogen) atoms. The number of ether oxygens (including phenoxy) is 1. The van der Waals surface area contributed by atoms with Gasteiger partial charge in [-0.3, -0.25) is 14.5 Å². The summed E-state index contributed by atoms with van der Waals surface area (Å²) in [6.45, 7) is 2.49. The van der Waals surface area contributed by atoms with Gasteiger partial charge in [-0.2, -0.15) is 5.26 Å². The second kappa shape index (κ2) is 7.41. The summed E-state index contributed by atoms with van der Waals surface area (Å²) in [4.78, 5) is 30.6. The number of nitrogens with one attached hydrogen (secondary N) is 1. The molecule has 0 radical (unpaired) electrons. The number of fused-ring (bicyclic) bond motifs is 1. The molecule has 0 unspecified atom stereocenters. The highest BCUT2D eigenvalue weighted by atomic mass is 16.5. The number of nitriles is 1. The zero-order chi connectivity index (χ0) is 18.8. The smallest absolute Gasteiger partial charge is 0.248 e. The summed E-state index contributed by atoms with van der Waals surface area (Å²) in [5, 5.41) is 10.0. The zero-order valence-corrected chi connectivity index (χ0v) is 15.1. The van der Waals surface area contributed by atoms with E-state index in [1.165, 1.54) is 6.07 Å². The van der Waals surface area contributed by atoms with Crippen LogP contribution in [0, 0.1) is 11.3 Å². The van der Waals surface area contributed by atoms with Crippen molar-refractivity contribution in [2.45, 2.75) is 31.4 Å². The average molecular weight is 366 g/mol. The first-order valence-electron chi connectivity index (χ1n) is 9.34. The van der Waals surface area contributed by atoms with Gasteiger partial charge < -0.3 is 14.6 Å². The minimum absolute atomic E-state index is 0.000620. The van der Waals surface area contributed by atoms with Gasteiger partial charge in [-0.05, 0) is 37.5 Å². The molecule has 140 valence electrons. The van der Waals surface area contributed by atoms with Crippen LogP contribution in [-0.4, -0.2) is 59.0 Å². The molecule has 0 bridgehead atoms. The fourth-order valence-corrected chi connectivity index (χ4v) is 3.96. The highest BCUT2D eigenvalue weighted by Crippen LogP contribution is 2.26. The number of H-pyrrole nitrogens is 1. The van der Waals surface area contributed by atoms with Crippen molar-refractivity contribution in [2.24, 2.45) is 0 Å². The minimum atomic E-state index is -0.273. The molecule has 7 nitrogen and oxygen atoms in total. The van der Waals surface area contributed by atoms with Gasteiger partial charge in [-0.25, -0.2) is 0 Å². The predicted molar refractivity (Wildman–Crippen MR) is 100 cm³/mol. The van der Waals surface area contributed by atoms with Gasteiger partial charge in [-0.15, -0.1) is 0 Å². The standard InChI is InChI=1S/C20H22N4O3/c21-11-14-3-2-9-24(14)20(26)13-23-10-8-15(12-23)27-18-5-1-4-17-16(18)6-7-19(25)22-17/h1,4-7,14-15H,2-3,8-10,12-13H2,(H,22,25)/t14-,15-/m0/s1. The van der Waals surface area contributed by atoms with E-state index in [-0.39, 0.29) is 23.6 Å². The van der Waals surface area contributed by atoms with E-state index in [1.54, 1.807) is 11.0 Å². The van der Waals surface area contributed by atoms with Crippen LogP contribution in [0.15, 0.2) is 35.1 Å². The number of carbonyl (C=O) groups is 1. The minimum Gasteiger partial charge on any atom is -0.488 e. The lowest BCUT2D eigenvalue weighted by Crippen LogP contribution is -2.42. The number of nitrogens with zero attached hydrogens (tertiary/aromatic N) is 3. The Labute approximate surface area is 157 Å². The molecule has 2 aliphatic rings. The van der Waals surface area contributed by atoms with Crippen LogP contribution in [0.25, 0.3) is 10.9 Å². The molecule has 2 atom stereocenters. The fourth-order valence-electron chi connectivity index (χ4n) is 3.96. The summed E-state index contributed by atoms with van der Waals surface area (Å²) < 4.78 is 6.17. The Morgan fingerprint density at radius 3 is 3.00 bits per heavy atom. The lowest BCUT2D eigenvalue weighted by Gasteiger charge is -2.23. The normalized spacial score (nSPS) is 22.9. The summed E-state index contributed by atoms with van der Waals surface area (Å²) in [5.41, 5.74) is 0.615. The lowest BCUT2D eigenvalue weighted by atomic mass is 10.2. The predicted octanol–water partition coefficient (Wildman–Crippen LogP) is 1.50. The molecule has 1 aromatic carbocycles. The Bertz CT molecular complexity index is 948. The van der Waals surface area contributed by atoms with Crippen LogP contribution in [0.1, 0.15) is 19.3 Å².